The van der Waals surface area contributed by atoms with E-state index in [4.69, 9.17) is 4.74 Å². The van der Waals surface area contributed by atoms with Crippen LogP contribution >= 0.6 is 0 Å². The fraction of sp³-hybridized carbons (Fsp3) is 0.611. The highest BCUT2D eigenvalue weighted by Crippen LogP contribution is 2.23. The summed E-state index contributed by atoms with van der Waals surface area (Å²) in [7, 11) is 0. The van der Waals surface area contributed by atoms with Crippen LogP contribution in [0.15, 0.2) is 24.3 Å². The second-order valence-corrected chi connectivity index (χ2v) is 5.95. The van der Waals surface area contributed by atoms with Gasteiger partial charge in [-0.15, -0.1) is 0 Å². The second kappa shape index (κ2) is 7.60. The first-order valence-corrected chi connectivity index (χ1v) is 8.17. The molecule has 1 aliphatic rings. The van der Waals surface area contributed by atoms with Gasteiger partial charge >= 0.3 is 0 Å². The van der Waals surface area contributed by atoms with Crippen molar-refractivity contribution in [1.82, 2.24) is 5.32 Å². The van der Waals surface area contributed by atoms with Crippen molar-refractivity contribution in [2.75, 3.05) is 6.61 Å². The molecule has 1 amide bonds. The highest BCUT2D eigenvalue weighted by atomic mass is 16.5. The Bertz CT molecular complexity index is 449. The van der Waals surface area contributed by atoms with Gasteiger partial charge in [0.2, 0.25) is 5.91 Å². The highest BCUT2D eigenvalue weighted by Gasteiger charge is 2.25. The Balaban J connectivity index is 2.01. The van der Waals surface area contributed by atoms with Crippen LogP contribution in [-0.4, -0.2) is 18.6 Å². The molecular weight excluding hydrogens is 262 g/mol. The molecule has 0 unspecified atom stereocenters. The van der Waals surface area contributed by atoms with Gasteiger partial charge in [0.15, 0.2) is 0 Å². The van der Waals surface area contributed by atoms with Crippen molar-refractivity contribution in [3.05, 3.63) is 35.4 Å². The standard InChI is InChI=1S/C18H27NO2/c1-4-13(3)14-8-10-15(11-9-14)16(5-2)19-18(20)17-7-6-12-21-17/h8-11,13,16-17H,4-7,12H2,1-3H3,(H,19,20)/t13-,16-,17+/m1/s1. The average molecular weight is 289 g/mol. The van der Waals surface area contributed by atoms with Gasteiger partial charge in [-0.1, -0.05) is 45.0 Å². The molecule has 0 radical (unpaired) electrons. The van der Waals surface area contributed by atoms with Gasteiger partial charge in [0.25, 0.3) is 0 Å². The molecule has 3 atom stereocenters. The van der Waals surface area contributed by atoms with Crippen molar-refractivity contribution in [2.24, 2.45) is 0 Å². The molecule has 0 bridgehead atoms. The number of hydrogen-bond donors (Lipinski definition) is 1. The minimum atomic E-state index is -0.251. The maximum absolute atomic E-state index is 12.2. The van der Waals surface area contributed by atoms with Gasteiger partial charge in [0.05, 0.1) is 6.04 Å². The van der Waals surface area contributed by atoms with Crippen LogP contribution in [0.1, 0.15) is 69.5 Å². The average Bonchev–Trinajstić information content (AvgIpc) is 3.06. The first-order chi connectivity index (χ1) is 10.2. The van der Waals surface area contributed by atoms with Gasteiger partial charge in [-0.3, -0.25) is 4.79 Å². The lowest BCUT2D eigenvalue weighted by Gasteiger charge is -2.20. The Kier molecular flexibility index (Phi) is 5.80. The Morgan fingerprint density at radius 2 is 1.90 bits per heavy atom. The first-order valence-electron chi connectivity index (χ1n) is 8.17. The molecule has 3 heteroatoms. The zero-order chi connectivity index (χ0) is 15.2. The Morgan fingerprint density at radius 1 is 1.24 bits per heavy atom. The predicted octanol–water partition coefficient (Wildman–Crippen LogP) is 3.95. The summed E-state index contributed by atoms with van der Waals surface area (Å²) in [6.07, 6.45) is 3.61. The molecule has 1 aromatic rings. The number of rotatable bonds is 6. The number of benzene rings is 1. The third-order valence-electron chi connectivity index (χ3n) is 4.47. The lowest BCUT2D eigenvalue weighted by molar-refractivity contribution is -0.130. The molecule has 1 N–H and O–H groups in total. The van der Waals surface area contributed by atoms with E-state index in [1.165, 1.54) is 11.1 Å². The fourth-order valence-electron chi connectivity index (χ4n) is 2.76. The zero-order valence-corrected chi connectivity index (χ0v) is 13.4. The van der Waals surface area contributed by atoms with E-state index in [0.29, 0.717) is 12.5 Å². The van der Waals surface area contributed by atoms with Crippen LogP contribution in [0.4, 0.5) is 0 Å². The monoisotopic (exact) mass is 289 g/mol. The van der Waals surface area contributed by atoms with Crippen LogP contribution < -0.4 is 5.32 Å². The number of carbonyl (C=O) groups is 1. The summed E-state index contributed by atoms with van der Waals surface area (Å²) < 4.78 is 5.45. The van der Waals surface area contributed by atoms with Crippen molar-refractivity contribution < 1.29 is 9.53 Å². The first kappa shape index (κ1) is 16.0. The summed E-state index contributed by atoms with van der Waals surface area (Å²) in [5.74, 6) is 0.617. The van der Waals surface area contributed by atoms with E-state index in [1.54, 1.807) is 0 Å². The van der Waals surface area contributed by atoms with Gasteiger partial charge in [-0.2, -0.15) is 0 Å². The number of nitrogens with one attached hydrogen (secondary N) is 1. The zero-order valence-electron chi connectivity index (χ0n) is 13.4. The molecule has 1 fully saturated rings. The van der Waals surface area contributed by atoms with E-state index in [0.717, 1.165) is 25.7 Å². The second-order valence-electron chi connectivity index (χ2n) is 5.95. The van der Waals surface area contributed by atoms with Crippen molar-refractivity contribution in [3.63, 3.8) is 0 Å². The van der Waals surface area contributed by atoms with Crippen molar-refractivity contribution in [2.45, 2.75) is 64.5 Å². The topological polar surface area (TPSA) is 38.3 Å². The van der Waals surface area contributed by atoms with Crippen LogP contribution in [0.3, 0.4) is 0 Å². The minimum absolute atomic E-state index is 0.0327. The van der Waals surface area contributed by atoms with Gasteiger partial charge in [-0.05, 0) is 42.7 Å². The summed E-state index contributed by atoms with van der Waals surface area (Å²) in [5, 5.41) is 3.12. The molecule has 21 heavy (non-hydrogen) atoms. The number of hydrogen-bond acceptors (Lipinski definition) is 2. The lowest BCUT2D eigenvalue weighted by Crippen LogP contribution is -2.36. The van der Waals surface area contributed by atoms with E-state index in [1.807, 2.05) is 0 Å². The molecule has 0 saturated carbocycles. The van der Waals surface area contributed by atoms with E-state index in [-0.39, 0.29) is 18.1 Å². The van der Waals surface area contributed by atoms with Crippen LogP contribution in [0.2, 0.25) is 0 Å². The number of amides is 1. The smallest absolute Gasteiger partial charge is 0.249 e. The molecule has 0 spiro atoms. The van der Waals surface area contributed by atoms with Crippen molar-refractivity contribution in [3.8, 4) is 0 Å². The van der Waals surface area contributed by atoms with Gasteiger partial charge in [0, 0.05) is 6.61 Å². The van der Waals surface area contributed by atoms with Gasteiger partial charge < -0.3 is 10.1 Å². The molecule has 1 heterocycles. The van der Waals surface area contributed by atoms with E-state index < -0.39 is 0 Å². The number of ether oxygens (including phenoxy) is 1. The fourth-order valence-corrected chi connectivity index (χ4v) is 2.76. The molecule has 116 valence electrons. The molecule has 3 nitrogen and oxygen atoms in total. The Hall–Kier alpha value is -1.35. The molecule has 1 aliphatic heterocycles. The summed E-state index contributed by atoms with van der Waals surface area (Å²) in [4.78, 5) is 12.2. The molecule has 0 aromatic heterocycles. The van der Waals surface area contributed by atoms with E-state index in [2.05, 4.69) is 50.4 Å². The van der Waals surface area contributed by atoms with Crippen molar-refractivity contribution >= 4 is 5.91 Å². The Labute approximate surface area is 128 Å². The van der Waals surface area contributed by atoms with E-state index in [9.17, 15) is 4.79 Å². The maximum atomic E-state index is 12.2. The third-order valence-corrected chi connectivity index (χ3v) is 4.47. The summed E-state index contributed by atoms with van der Waals surface area (Å²) in [6, 6.07) is 8.73. The van der Waals surface area contributed by atoms with Gasteiger partial charge in [0.1, 0.15) is 6.10 Å². The molecule has 0 aliphatic carbocycles. The largest absolute Gasteiger partial charge is 0.368 e. The minimum Gasteiger partial charge on any atom is -0.368 e. The van der Waals surface area contributed by atoms with Gasteiger partial charge in [-0.25, -0.2) is 0 Å². The molecular formula is C18H27NO2. The Morgan fingerprint density at radius 3 is 2.43 bits per heavy atom. The highest BCUT2D eigenvalue weighted by molar-refractivity contribution is 5.81. The summed E-state index contributed by atoms with van der Waals surface area (Å²) in [5.41, 5.74) is 2.54. The molecule has 2 rings (SSSR count). The van der Waals surface area contributed by atoms with Crippen LogP contribution in [0, 0.1) is 0 Å². The van der Waals surface area contributed by atoms with Crippen LogP contribution in [-0.2, 0) is 9.53 Å². The summed E-state index contributed by atoms with van der Waals surface area (Å²) >= 11 is 0. The maximum Gasteiger partial charge on any atom is 0.249 e. The number of carbonyl (C=O) groups excluding carboxylic acids is 1. The summed E-state index contributed by atoms with van der Waals surface area (Å²) in [6.45, 7) is 7.25. The van der Waals surface area contributed by atoms with E-state index >= 15 is 0 Å². The predicted molar refractivity (Wildman–Crippen MR) is 85.3 cm³/mol. The third kappa shape index (κ3) is 4.07. The SMILES string of the molecule is CC[C@@H](C)c1ccc([C@@H](CC)NC(=O)[C@@H]2CCCO2)cc1. The lowest BCUT2D eigenvalue weighted by atomic mass is 9.95. The normalized spacial score (nSPS) is 21.0. The molecule has 1 saturated heterocycles. The quantitative estimate of drug-likeness (QED) is 0.861. The van der Waals surface area contributed by atoms with Crippen LogP contribution in [0.25, 0.3) is 0 Å². The molecule has 1 aromatic carbocycles. The van der Waals surface area contributed by atoms with Crippen LogP contribution in [0.5, 0.6) is 0 Å². The van der Waals surface area contributed by atoms with Crippen molar-refractivity contribution in [1.29, 1.82) is 0 Å².